The van der Waals surface area contributed by atoms with Gasteiger partial charge in [-0.05, 0) is 47.6 Å². The number of hydrogen-bond donors (Lipinski definition) is 1. The predicted octanol–water partition coefficient (Wildman–Crippen LogP) is 4.60. The van der Waals surface area contributed by atoms with Crippen molar-refractivity contribution in [2.45, 2.75) is 52.7 Å². The van der Waals surface area contributed by atoms with E-state index < -0.39 is 12.0 Å². The number of carbonyl (C=O) groups is 1. The Morgan fingerprint density at radius 3 is 2.47 bits per heavy atom. The average Bonchev–Trinajstić information content (AvgIpc) is 2.72. The molecule has 0 saturated heterocycles. The average molecular weight is 413 g/mol. The highest BCUT2D eigenvalue weighted by atomic mass is 16.6. The number of oxime groups is 1. The number of hydroxylamine groups is 1. The summed E-state index contributed by atoms with van der Waals surface area (Å²) in [7, 11) is 2.80. The van der Waals surface area contributed by atoms with E-state index in [4.69, 9.17) is 14.4 Å². The van der Waals surface area contributed by atoms with E-state index in [1.54, 1.807) is 0 Å². The molecule has 0 bridgehead atoms. The largest absolute Gasteiger partial charge is 0.468 e. The van der Waals surface area contributed by atoms with Crippen molar-refractivity contribution in [3.05, 3.63) is 70.3 Å². The minimum Gasteiger partial charge on any atom is -0.468 e. The van der Waals surface area contributed by atoms with Gasteiger partial charge < -0.3 is 14.4 Å². The molecule has 0 heterocycles. The molecule has 30 heavy (non-hydrogen) atoms. The van der Waals surface area contributed by atoms with Crippen LogP contribution in [0.4, 0.5) is 0 Å². The Hall–Kier alpha value is -2.70. The summed E-state index contributed by atoms with van der Waals surface area (Å²) in [6, 6.07) is 13.2. The van der Waals surface area contributed by atoms with E-state index in [0.29, 0.717) is 0 Å². The number of esters is 1. The highest BCUT2D eigenvalue weighted by Gasteiger charge is 2.25. The minimum atomic E-state index is -0.757. The van der Waals surface area contributed by atoms with E-state index in [2.05, 4.69) is 43.5 Å². The molecular weight excluding hydrogens is 380 g/mol. The van der Waals surface area contributed by atoms with Gasteiger partial charge in [-0.1, -0.05) is 62.3 Å². The summed E-state index contributed by atoms with van der Waals surface area (Å²) in [5, 5.41) is 4.31. The predicted molar refractivity (Wildman–Crippen MR) is 118 cm³/mol. The van der Waals surface area contributed by atoms with E-state index in [1.165, 1.54) is 19.8 Å². The van der Waals surface area contributed by atoms with Crippen molar-refractivity contribution >= 4 is 11.7 Å². The second-order valence-corrected chi connectivity index (χ2v) is 8.20. The van der Waals surface area contributed by atoms with Crippen molar-refractivity contribution in [1.29, 1.82) is 0 Å². The maximum Gasteiger partial charge on any atom is 0.329 e. The number of nitrogens with zero attached hydrogens (tertiary/aromatic N) is 1. The zero-order chi connectivity index (χ0) is 22.3. The Labute approximate surface area is 179 Å². The van der Waals surface area contributed by atoms with Crippen LogP contribution in [0.2, 0.25) is 0 Å². The van der Waals surface area contributed by atoms with Crippen molar-refractivity contribution in [3.8, 4) is 0 Å². The molecule has 0 aromatic heterocycles. The third-order valence-corrected chi connectivity index (χ3v) is 4.99. The number of hydrogen-bond acceptors (Lipinski definition) is 6. The summed E-state index contributed by atoms with van der Waals surface area (Å²) in [5.41, 5.74) is 8.37. The molecule has 0 saturated carbocycles. The standard InChI is InChI=1S/C24H32N2O4/c1-16-10-8-13-20(22(26-29-7)23(27)28-6)21(16)15-30-25-17(2)18-11-9-12-19(14-18)24(3,4)5/h8-14,22,26H,15H2,1-7H3/b25-17+. The van der Waals surface area contributed by atoms with Crippen LogP contribution in [0, 0.1) is 6.92 Å². The highest BCUT2D eigenvalue weighted by Crippen LogP contribution is 2.25. The molecule has 0 aliphatic carbocycles. The number of benzene rings is 2. The molecule has 2 aromatic rings. The molecule has 0 aliphatic rings. The van der Waals surface area contributed by atoms with Crippen molar-refractivity contribution < 1.29 is 19.2 Å². The van der Waals surface area contributed by atoms with Crippen molar-refractivity contribution in [3.63, 3.8) is 0 Å². The lowest BCUT2D eigenvalue weighted by Crippen LogP contribution is -2.30. The van der Waals surface area contributed by atoms with Gasteiger partial charge in [-0.2, -0.15) is 5.48 Å². The topological polar surface area (TPSA) is 69.2 Å². The van der Waals surface area contributed by atoms with E-state index >= 15 is 0 Å². The number of carbonyl (C=O) groups excluding carboxylic acids is 1. The molecule has 6 heteroatoms. The summed E-state index contributed by atoms with van der Waals surface area (Å²) >= 11 is 0. The van der Waals surface area contributed by atoms with Crippen molar-refractivity contribution in [1.82, 2.24) is 5.48 Å². The van der Waals surface area contributed by atoms with Crippen molar-refractivity contribution in [2.75, 3.05) is 14.2 Å². The molecule has 0 aliphatic heterocycles. The summed E-state index contributed by atoms with van der Waals surface area (Å²) in [5.74, 6) is -0.442. The van der Waals surface area contributed by atoms with Gasteiger partial charge in [0, 0.05) is 5.56 Å². The van der Waals surface area contributed by atoms with Gasteiger partial charge in [0.15, 0.2) is 6.04 Å². The third kappa shape index (κ3) is 5.90. The highest BCUT2D eigenvalue weighted by molar-refractivity contribution is 5.98. The Balaban J connectivity index is 2.24. The summed E-state index contributed by atoms with van der Waals surface area (Å²) in [6.07, 6.45) is 0. The Morgan fingerprint density at radius 2 is 1.83 bits per heavy atom. The van der Waals surface area contributed by atoms with Gasteiger partial charge in [0.05, 0.1) is 19.9 Å². The number of ether oxygens (including phenoxy) is 1. The molecular formula is C24H32N2O4. The normalized spacial score (nSPS) is 13.1. The quantitative estimate of drug-likeness (QED) is 0.390. The molecule has 1 N–H and O–H groups in total. The Morgan fingerprint density at radius 1 is 1.13 bits per heavy atom. The zero-order valence-corrected chi connectivity index (χ0v) is 18.9. The third-order valence-electron chi connectivity index (χ3n) is 4.99. The smallest absolute Gasteiger partial charge is 0.329 e. The SMILES string of the molecule is CONC(C(=O)OC)c1cccc(C)c1CO/N=C(\C)c1cccc(C(C)(C)C)c1. The fourth-order valence-corrected chi connectivity index (χ4v) is 3.12. The van der Waals surface area contributed by atoms with E-state index in [-0.39, 0.29) is 12.0 Å². The summed E-state index contributed by atoms with van der Waals surface area (Å²) in [4.78, 5) is 22.9. The molecule has 2 aromatic carbocycles. The van der Waals surface area contributed by atoms with Gasteiger partial charge in [-0.25, -0.2) is 4.79 Å². The van der Waals surface area contributed by atoms with Crippen LogP contribution in [0.3, 0.4) is 0 Å². The van der Waals surface area contributed by atoms with Gasteiger partial charge in [-0.3, -0.25) is 0 Å². The minimum absolute atomic E-state index is 0.0600. The number of rotatable bonds is 8. The van der Waals surface area contributed by atoms with E-state index in [9.17, 15) is 4.79 Å². The molecule has 1 atom stereocenters. The maximum absolute atomic E-state index is 12.2. The first-order valence-corrected chi connectivity index (χ1v) is 9.91. The molecule has 0 fully saturated rings. The molecule has 6 nitrogen and oxygen atoms in total. The van der Waals surface area contributed by atoms with Gasteiger partial charge in [0.1, 0.15) is 6.61 Å². The van der Waals surface area contributed by atoms with Crippen LogP contribution in [0.1, 0.15) is 61.6 Å². The van der Waals surface area contributed by atoms with Gasteiger partial charge in [0.2, 0.25) is 0 Å². The molecule has 2 rings (SSSR count). The van der Waals surface area contributed by atoms with Crippen LogP contribution >= 0.6 is 0 Å². The van der Waals surface area contributed by atoms with Crippen LogP contribution in [0.5, 0.6) is 0 Å². The van der Waals surface area contributed by atoms with Crippen LogP contribution < -0.4 is 5.48 Å². The number of aryl methyl sites for hydroxylation is 1. The van der Waals surface area contributed by atoms with Crippen LogP contribution in [-0.4, -0.2) is 25.9 Å². The lowest BCUT2D eigenvalue weighted by Gasteiger charge is -2.20. The van der Waals surface area contributed by atoms with Crippen LogP contribution in [-0.2, 0) is 31.2 Å². The fraction of sp³-hybridized carbons (Fsp3) is 0.417. The van der Waals surface area contributed by atoms with E-state index in [0.717, 1.165) is 28.0 Å². The molecule has 0 amide bonds. The first kappa shape index (κ1) is 23.6. The number of methoxy groups -OCH3 is 1. The summed E-state index contributed by atoms with van der Waals surface area (Å²) in [6.45, 7) is 10.6. The van der Waals surface area contributed by atoms with Crippen LogP contribution in [0.15, 0.2) is 47.6 Å². The zero-order valence-electron chi connectivity index (χ0n) is 18.9. The Kier molecular flexibility index (Phi) is 8.15. The lowest BCUT2D eigenvalue weighted by atomic mass is 9.86. The molecule has 0 spiro atoms. The molecule has 162 valence electrons. The maximum atomic E-state index is 12.2. The van der Waals surface area contributed by atoms with Crippen molar-refractivity contribution in [2.24, 2.45) is 5.16 Å². The lowest BCUT2D eigenvalue weighted by molar-refractivity contribution is -0.147. The van der Waals surface area contributed by atoms with Crippen LogP contribution in [0.25, 0.3) is 0 Å². The molecule has 0 radical (unpaired) electrons. The molecule has 1 unspecified atom stereocenters. The second kappa shape index (κ2) is 10.4. The first-order valence-electron chi connectivity index (χ1n) is 9.91. The first-order chi connectivity index (χ1) is 14.2. The Bertz CT molecular complexity index is 900. The second-order valence-electron chi connectivity index (χ2n) is 8.20. The van der Waals surface area contributed by atoms with E-state index in [1.807, 2.05) is 44.2 Å². The summed E-state index contributed by atoms with van der Waals surface area (Å²) < 4.78 is 4.90. The van der Waals surface area contributed by atoms with Gasteiger partial charge in [0.25, 0.3) is 0 Å². The number of nitrogens with one attached hydrogen (secondary N) is 1. The fourth-order valence-electron chi connectivity index (χ4n) is 3.12. The van der Waals surface area contributed by atoms with Gasteiger partial charge >= 0.3 is 5.97 Å². The van der Waals surface area contributed by atoms with Gasteiger partial charge in [-0.15, -0.1) is 0 Å². The monoisotopic (exact) mass is 412 g/mol.